The van der Waals surface area contributed by atoms with Gasteiger partial charge in [0.05, 0.1) is 18.3 Å². The summed E-state index contributed by atoms with van der Waals surface area (Å²) in [6.07, 6.45) is 0.814. The van der Waals surface area contributed by atoms with Gasteiger partial charge in [-0.1, -0.05) is 30.8 Å². The van der Waals surface area contributed by atoms with Crippen LogP contribution in [0.4, 0.5) is 0 Å². The fourth-order valence-electron chi connectivity index (χ4n) is 2.05. The summed E-state index contributed by atoms with van der Waals surface area (Å²) in [5, 5.41) is 19.2. The van der Waals surface area contributed by atoms with Gasteiger partial charge in [0, 0.05) is 20.2 Å². The summed E-state index contributed by atoms with van der Waals surface area (Å²) in [6, 6.07) is 7.42. The first-order chi connectivity index (χ1) is 10.3. The van der Waals surface area contributed by atoms with E-state index in [1.165, 1.54) is 13.2 Å². The fraction of sp³-hybridized carbons (Fsp3) is 0.471. The minimum absolute atomic E-state index is 0.158. The number of benzene rings is 1. The predicted octanol–water partition coefficient (Wildman–Crippen LogP) is 1.44. The lowest BCUT2D eigenvalue weighted by molar-refractivity contribution is -0.128. The number of carbonyl (C=O) groups excluding carboxylic acids is 1. The van der Waals surface area contributed by atoms with Crippen molar-refractivity contribution in [3.63, 3.8) is 0 Å². The summed E-state index contributed by atoms with van der Waals surface area (Å²) in [5.74, 6) is -0.220. The van der Waals surface area contributed by atoms with Crippen molar-refractivity contribution in [3.05, 3.63) is 48.0 Å². The van der Waals surface area contributed by atoms with Crippen molar-refractivity contribution in [1.82, 2.24) is 4.90 Å². The molecule has 0 aliphatic carbocycles. The minimum Gasteiger partial charge on any atom is -0.394 e. The Kier molecular flexibility index (Phi) is 6.74. The summed E-state index contributed by atoms with van der Waals surface area (Å²) in [7, 11) is 1.50. The van der Waals surface area contributed by atoms with Crippen molar-refractivity contribution in [3.8, 4) is 0 Å². The molecule has 0 saturated carbocycles. The van der Waals surface area contributed by atoms with Crippen molar-refractivity contribution in [2.24, 2.45) is 0 Å². The molecule has 1 atom stereocenters. The molecule has 5 nitrogen and oxygen atoms in total. The molecule has 1 aromatic rings. The van der Waals surface area contributed by atoms with Crippen LogP contribution in [0.5, 0.6) is 0 Å². The van der Waals surface area contributed by atoms with Gasteiger partial charge in [0.25, 0.3) is 0 Å². The first-order valence-corrected chi connectivity index (χ1v) is 7.18. The highest BCUT2D eigenvalue weighted by Gasteiger charge is 2.18. The van der Waals surface area contributed by atoms with Crippen molar-refractivity contribution in [2.45, 2.75) is 32.1 Å². The average Bonchev–Trinajstić information content (AvgIpc) is 2.50. The highest BCUT2D eigenvalue weighted by atomic mass is 16.5. The third kappa shape index (κ3) is 5.26. The lowest BCUT2D eigenvalue weighted by Crippen LogP contribution is -2.38. The van der Waals surface area contributed by atoms with Crippen LogP contribution in [0.3, 0.4) is 0 Å². The monoisotopic (exact) mass is 307 g/mol. The third-order valence-electron chi connectivity index (χ3n) is 3.48. The molecule has 0 aromatic heterocycles. The zero-order chi connectivity index (χ0) is 16.8. The van der Waals surface area contributed by atoms with E-state index in [2.05, 4.69) is 6.58 Å². The lowest BCUT2D eigenvalue weighted by Gasteiger charge is -2.25. The maximum atomic E-state index is 11.9. The van der Waals surface area contributed by atoms with Gasteiger partial charge in [-0.3, -0.25) is 4.79 Å². The molecule has 0 spiro atoms. The summed E-state index contributed by atoms with van der Waals surface area (Å²) < 4.78 is 5.11. The normalized spacial score (nSPS) is 12.8. The number of amides is 1. The van der Waals surface area contributed by atoms with Crippen LogP contribution in [0.2, 0.25) is 0 Å². The van der Waals surface area contributed by atoms with Crippen LogP contribution < -0.4 is 0 Å². The minimum atomic E-state index is -0.896. The highest BCUT2D eigenvalue weighted by molar-refractivity contribution is 5.87. The fourth-order valence-corrected chi connectivity index (χ4v) is 2.05. The lowest BCUT2D eigenvalue weighted by atomic mass is 9.97. The van der Waals surface area contributed by atoms with Crippen LogP contribution in [0.15, 0.2) is 36.9 Å². The van der Waals surface area contributed by atoms with E-state index in [0.717, 1.165) is 11.1 Å². The van der Waals surface area contributed by atoms with Gasteiger partial charge in [-0.05, 0) is 31.1 Å². The molecular formula is C17H25NO4. The van der Waals surface area contributed by atoms with Gasteiger partial charge in [0.15, 0.2) is 0 Å². The molecule has 0 radical (unpaired) electrons. The summed E-state index contributed by atoms with van der Waals surface area (Å²) in [4.78, 5) is 13.5. The predicted molar refractivity (Wildman–Crippen MR) is 85.2 cm³/mol. The Labute approximate surface area is 131 Å². The Hall–Kier alpha value is -1.69. The topological polar surface area (TPSA) is 70.0 Å². The van der Waals surface area contributed by atoms with E-state index >= 15 is 0 Å². The number of hydrogen-bond acceptors (Lipinski definition) is 4. The molecule has 0 saturated heterocycles. The molecule has 5 heteroatoms. The van der Waals surface area contributed by atoms with Crippen LogP contribution in [-0.4, -0.2) is 47.4 Å². The van der Waals surface area contributed by atoms with E-state index < -0.39 is 11.7 Å². The van der Waals surface area contributed by atoms with Gasteiger partial charge >= 0.3 is 0 Å². The average molecular weight is 307 g/mol. The summed E-state index contributed by atoms with van der Waals surface area (Å²) in [5.41, 5.74) is 0.840. The van der Waals surface area contributed by atoms with Crippen LogP contribution in [0.25, 0.3) is 0 Å². The zero-order valence-electron chi connectivity index (χ0n) is 13.5. The first-order valence-electron chi connectivity index (χ1n) is 7.18. The second-order valence-corrected chi connectivity index (χ2v) is 5.72. The maximum Gasteiger partial charge on any atom is 0.246 e. The van der Waals surface area contributed by atoms with E-state index in [4.69, 9.17) is 4.74 Å². The van der Waals surface area contributed by atoms with Crippen LogP contribution >= 0.6 is 0 Å². The van der Waals surface area contributed by atoms with Gasteiger partial charge in [-0.15, -0.1) is 0 Å². The molecular weight excluding hydrogens is 282 g/mol. The van der Waals surface area contributed by atoms with E-state index in [0.29, 0.717) is 6.54 Å². The SMILES string of the molecule is C=CC(=O)N(Cc1ccc(C(C)(C)O)cc1)C[C@@H](CO)OC. The van der Waals surface area contributed by atoms with Gasteiger partial charge < -0.3 is 19.8 Å². The Balaban J connectivity index is 2.85. The second kappa shape index (κ2) is 8.08. The molecule has 22 heavy (non-hydrogen) atoms. The molecule has 0 aliphatic heterocycles. The summed E-state index contributed by atoms with van der Waals surface area (Å²) >= 11 is 0. The standard InChI is InChI=1S/C17H25NO4/c1-5-16(20)18(11-15(12-19)22-4)10-13-6-8-14(9-7-13)17(2,3)21/h5-9,15,19,21H,1,10-12H2,2-4H3/t15-/m0/s1. The molecule has 2 N–H and O–H groups in total. The van der Waals surface area contributed by atoms with Crippen LogP contribution in [0, 0.1) is 0 Å². The summed E-state index contributed by atoms with van der Waals surface area (Å²) in [6.45, 7) is 7.46. The van der Waals surface area contributed by atoms with Crippen molar-refractivity contribution in [1.29, 1.82) is 0 Å². The number of rotatable bonds is 8. The molecule has 1 amide bonds. The van der Waals surface area contributed by atoms with Crippen molar-refractivity contribution in [2.75, 3.05) is 20.3 Å². The molecule has 0 aliphatic rings. The number of aliphatic hydroxyl groups excluding tert-OH is 1. The molecule has 0 bridgehead atoms. The van der Waals surface area contributed by atoms with Gasteiger partial charge in [0.1, 0.15) is 0 Å². The number of aliphatic hydroxyl groups is 2. The van der Waals surface area contributed by atoms with Gasteiger partial charge in [0.2, 0.25) is 5.91 Å². The quantitative estimate of drug-likeness (QED) is 0.713. The maximum absolute atomic E-state index is 11.9. The number of methoxy groups -OCH3 is 1. The zero-order valence-corrected chi connectivity index (χ0v) is 13.5. The van der Waals surface area contributed by atoms with Gasteiger partial charge in [-0.2, -0.15) is 0 Å². The Morgan fingerprint density at radius 1 is 1.41 bits per heavy atom. The molecule has 122 valence electrons. The van der Waals surface area contributed by atoms with Crippen molar-refractivity contribution >= 4 is 5.91 Å². The van der Waals surface area contributed by atoms with Crippen molar-refractivity contribution < 1.29 is 19.7 Å². The van der Waals surface area contributed by atoms with E-state index in [1.54, 1.807) is 18.7 Å². The largest absolute Gasteiger partial charge is 0.394 e. The molecule has 0 fully saturated rings. The van der Waals surface area contributed by atoms with Crippen LogP contribution in [-0.2, 0) is 21.7 Å². The second-order valence-electron chi connectivity index (χ2n) is 5.72. The Bertz CT molecular complexity index is 486. The van der Waals surface area contributed by atoms with E-state index in [9.17, 15) is 15.0 Å². The molecule has 0 heterocycles. The Morgan fingerprint density at radius 3 is 2.41 bits per heavy atom. The van der Waals surface area contributed by atoms with E-state index in [1.807, 2.05) is 24.3 Å². The molecule has 1 rings (SSSR count). The number of nitrogens with zero attached hydrogens (tertiary/aromatic N) is 1. The number of carbonyl (C=O) groups is 1. The first kappa shape index (κ1) is 18.4. The third-order valence-corrected chi connectivity index (χ3v) is 3.48. The van der Waals surface area contributed by atoms with Gasteiger partial charge in [-0.25, -0.2) is 0 Å². The Morgan fingerprint density at radius 2 is 2.00 bits per heavy atom. The smallest absolute Gasteiger partial charge is 0.246 e. The highest BCUT2D eigenvalue weighted by Crippen LogP contribution is 2.20. The number of ether oxygens (including phenoxy) is 1. The van der Waals surface area contributed by atoms with Crippen LogP contribution in [0.1, 0.15) is 25.0 Å². The number of hydrogen-bond donors (Lipinski definition) is 2. The molecule has 0 unspecified atom stereocenters. The van der Waals surface area contributed by atoms with E-state index in [-0.39, 0.29) is 19.1 Å². The molecule has 1 aromatic carbocycles.